The Labute approximate surface area is 95.4 Å². The van der Waals surface area contributed by atoms with E-state index in [1.165, 1.54) is 0 Å². The van der Waals surface area contributed by atoms with Crippen LogP contribution in [0.15, 0.2) is 12.7 Å². The topological polar surface area (TPSA) is 50.8 Å². The molecular formula is C11H18N2O3. The lowest BCUT2D eigenvalue weighted by Crippen LogP contribution is -2.56. The van der Waals surface area contributed by atoms with Crippen LogP contribution in [0, 0.1) is 5.92 Å². The van der Waals surface area contributed by atoms with E-state index in [-0.39, 0.29) is 18.8 Å². The largest absolute Gasteiger partial charge is 0.445 e. The summed E-state index contributed by atoms with van der Waals surface area (Å²) in [6.45, 7) is 7.62. The summed E-state index contributed by atoms with van der Waals surface area (Å²) in [7, 11) is 0. The van der Waals surface area contributed by atoms with Gasteiger partial charge < -0.3 is 19.7 Å². The van der Waals surface area contributed by atoms with E-state index in [2.05, 4.69) is 11.9 Å². The number of nitrogens with zero attached hydrogens (tertiary/aromatic N) is 1. The molecule has 0 saturated carbocycles. The van der Waals surface area contributed by atoms with Crippen LogP contribution in [0.4, 0.5) is 4.79 Å². The number of carbonyl (C=O) groups excluding carboxylic acids is 1. The number of morpholine rings is 1. The normalized spacial score (nSPS) is 26.0. The summed E-state index contributed by atoms with van der Waals surface area (Å²) in [5.74, 6) is 0.537. The molecule has 1 N–H and O–H groups in total. The van der Waals surface area contributed by atoms with E-state index in [9.17, 15) is 4.79 Å². The van der Waals surface area contributed by atoms with Crippen LogP contribution in [0.5, 0.6) is 0 Å². The highest BCUT2D eigenvalue weighted by atomic mass is 16.6. The summed E-state index contributed by atoms with van der Waals surface area (Å²) in [5.41, 5.74) is 0. The van der Waals surface area contributed by atoms with Gasteiger partial charge in [-0.15, -0.1) is 0 Å². The zero-order valence-electron chi connectivity index (χ0n) is 9.35. The molecule has 5 heteroatoms. The lowest BCUT2D eigenvalue weighted by Gasteiger charge is -2.40. The number of nitrogens with one attached hydrogen (secondary N) is 1. The van der Waals surface area contributed by atoms with Gasteiger partial charge in [0.05, 0.1) is 19.3 Å². The molecule has 0 aliphatic carbocycles. The second-order valence-corrected chi connectivity index (χ2v) is 4.14. The zero-order valence-corrected chi connectivity index (χ0v) is 9.35. The van der Waals surface area contributed by atoms with E-state index < -0.39 is 0 Å². The molecule has 1 amide bonds. The lowest BCUT2D eigenvalue weighted by molar-refractivity contribution is -0.0634. The van der Waals surface area contributed by atoms with Gasteiger partial charge >= 0.3 is 6.09 Å². The Morgan fingerprint density at radius 2 is 2.44 bits per heavy atom. The van der Waals surface area contributed by atoms with E-state index >= 15 is 0 Å². The van der Waals surface area contributed by atoms with Crippen LogP contribution in [-0.4, -0.2) is 56.5 Å². The summed E-state index contributed by atoms with van der Waals surface area (Å²) >= 11 is 0. The fourth-order valence-corrected chi connectivity index (χ4v) is 1.92. The second-order valence-electron chi connectivity index (χ2n) is 4.14. The minimum atomic E-state index is -0.263. The maximum absolute atomic E-state index is 11.6. The van der Waals surface area contributed by atoms with E-state index in [1.807, 2.05) is 0 Å². The van der Waals surface area contributed by atoms with Crippen molar-refractivity contribution in [3.63, 3.8) is 0 Å². The summed E-state index contributed by atoms with van der Waals surface area (Å²) in [6, 6.07) is 0. The molecule has 0 unspecified atom stereocenters. The maximum Gasteiger partial charge on any atom is 0.410 e. The van der Waals surface area contributed by atoms with Gasteiger partial charge in [-0.2, -0.15) is 0 Å². The van der Waals surface area contributed by atoms with Crippen LogP contribution < -0.4 is 5.32 Å². The highest BCUT2D eigenvalue weighted by Gasteiger charge is 2.33. The summed E-state index contributed by atoms with van der Waals surface area (Å²) in [6.07, 6.45) is 1.47. The molecular weight excluding hydrogens is 208 g/mol. The van der Waals surface area contributed by atoms with Crippen molar-refractivity contribution in [3.05, 3.63) is 12.7 Å². The molecule has 16 heavy (non-hydrogen) atoms. The second kappa shape index (κ2) is 5.32. The minimum absolute atomic E-state index is 0.159. The molecule has 2 fully saturated rings. The molecule has 0 aromatic rings. The first-order valence-electron chi connectivity index (χ1n) is 5.66. The third-order valence-electron chi connectivity index (χ3n) is 3.02. The Balaban J connectivity index is 1.80. The number of hydrogen-bond donors (Lipinski definition) is 1. The fraction of sp³-hybridized carbons (Fsp3) is 0.727. The quantitative estimate of drug-likeness (QED) is 0.700. The first kappa shape index (κ1) is 11.4. The Kier molecular flexibility index (Phi) is 3.79. The molecule has 2 heterocycles. The lowest BCUT2D eigenvalue weighted by atomic mass is 9.95. The van der Waals surface area contributed by atoms with Crippen molar-refractivity contribution in [2.24, 2.45) is 5.92 Å². The molecule has 2 saturated heterocycles. The molecule has 0 aromatic heterocycles. The minimum Gasteiger partial charge on any atom is -0.445 e. The molecule has 90 valence electrons. The van der Waals surface area contributed by atoms with Crippen molar-refractivity contribution in [2.45, 2.75) is 6.10 Å². The molecule has 1 atom stereocenters. The van der Waals surface area contributed by atoms with Crippen molar-refractivity contribution < 1.29 is 14.3 Å². The first-order chi connectivity index (χ1) is 7.81. The molecule has 0 bridgehead atoms. The standard InChI is InChI=1S/C11H18N2O3/c1-2-4-16-11(14)13-3-5-15-10(8-13)9-6-12-7-9/h2,9-10,12H,1,3-8H2/t10-/m1/s1. The molecule has 0 radical (unpaired) electrons. The molecule has 2 rings (SSSR count). The predicted molar refractivity (Wildman–Crippen MR) is 59.2 cm³/mol. The number of rotatable bonds is 3. The molecule has 0 spiro atoms. The predicted octanol–water partition coefficient (Wildman–Crippen LogP) is 0.229. The van der Waals surface area contributed by atoms with Gasteiger partial charge in [0.15, 0.2) is 0 Å². The number of hydrogen-bond acceptors (Lipinski definition) is 4. The van der Waals surface area contributed by atoms with Crippen LogP contribution in [0.25, 0.3) is 0 Å². The van der Waals surface area contributed by atoms with Gasteiger partial charge in [-0.1, -0.05) is 12.7 Å². The maximum atomic E-state index is 11.6. The number of ether oxygens (including phenoxy) is 2. The van der Waals surface area contributed by atoms with Gasteiger partial charge in [0.1, 0.15) is 6.61 Å². The average Bonchev–Trinajstić information content (AvgIpc) is 2.24. The van der Waals surface area contributed by atoms with Crippen LogP contribution in [-0.2, 0) is 9.47 Å². The van der Waals surface area contributed by atoms with Crippen LogP contribution in [0.3, 0.4) is 0 Å². The monoisotopic (exact) mass is 226 g/mol. The highest BCUT2D eigenvalue weighted by molar-refractivity contribution is 5.67. The van der Waals surface area contributed by atoms with E-state index in [4.69, 9.17) is 9.47 Å². The van der Waals surface area contributed by atoms with Gasteiger partial charge in [-0.25, -0.2) is 4.79 Å². The fourth-order valence-electron chi connectivity index (χ4n) is 1.92. The Hall–Kier alpha value is -1.07. The number of carbonyl (C=O) groups is 1. The van der Waals surface area contributed by atoms with E-state index in [0.717, 1.165) is 13.1 Å². The zero-order chi connectivity index (χ0) is 11.4. The third kappa shape index (κ3) is 2.54. The summed E-state index contributed by atoms with van der Waals surface area (Å²) < 4.78 is 10.7. The molecule has 0 aromatic carbocycles. The van der Waals surface area contributed by atoms with E-state index in [0.29, 0.717) is 25.6 Å². The Morgan fingerprint density at radius 3 is 3.06 bits per heavy atom. The van der Waals surface area contributed by atoms with Crippen molar-refractivity contribution in [3.8, 4) is 0 Å². The van der Waals surface area contributed by atoms with Crippen molar-refractivity contribution in [2.75, 3.05) is 39.4 Å². The molecule has 5 nitrogen and oxygen atoms in total. The van der Waals surface area contributed by atoms with Gasteiger partial charge in [-0.05, 0) is 0 Å². The van der Waals surface area contributed by atoms with E-state index in [1.54, 1.807) is 11.0 Å². The average molecular weight is 226 g/mol. The van der Waals surface area contributed by atoms with Gasteiger partial charge in [-0.3, -0.25) is 0 Å². The van der Waals surface area contributed by atoms with Crippen molar-refractivity contribution in [1.29, 1.82) is 0 Å². The van der Waals surface area contributed by atoms with Crippen LogP contribution >= 0.6 is 0 Å². The van der Waals surface area contributed by atoms with Gasteiger partial charge in [0, 0.05) is 25.6 Å². The Morgan fingerprint density at radius 1 is 1.62 bits per heavy atom. The first-order valence-corrected chi connectivity index (χ1v) is 5.66. The summed E-state index contributed by atoms with van der Waals surface area (Å²) in [5, 5.41) is 3.21. The Bertz CT molecular complexity index is 266. The van der Waals surface area contributed by atoms with Gasteiger partial charge in [0.2, 0.25) is 0 Å². The molecule has 2 aliphatic rings. The third-order valence-corrected chi connectivity index (χ3v) is 3.02. The smallest absolute Gasteiger partial charge is 0.410 e. The van der Waals surface area contributed by atoms with Crippen LogP contribution in [0.1, 0.15) is 0 Å². The van der Waals surface area contributed by atoms with Crippen LogP contribution in [0.2, 0.25) is 0 Å². The number of amides is 1. The van der Waals surface area contributed by atoms with Crippen molar-refractivity contribution >= 4 is 6.09 Å². The SMILES string of the molecule is C=CCOC(=O)N1CCO[C@@H](C2CNC2)C1. The van der Waals surface area contributed by atoms with Crippen molar-refractivity contribution in [1.82, 2.24) is 10.2 Å². The summed E-state index contributed by atoms with van der Waals surface area (Å²) in [4.78, 5) is 13.3. The molecule has 2 aliphatic heterocycles. The highest BCUT2D eigenvalue weighted by Crippen LogP contribution is 2.18. The van der Waals surface area contributed by atoms with Gasteiger partial charge in [0.25, 0.3) is 0 Å².